The zero-order valence-corrected chi connectivity index (χ0v) is 11.5. The molecule has 1 aromatic heterocycles. The van der Waals surface area contributed by atoms with Gasteiger partial charge in [0, 0.05) is 19.2 Å². The molecule has 0 N–H and O–H groups in total. The molecule has 0 spiro atoms. The van der Waals surface area contributed by atoms with Crippen LogP contribution in [0.1, 0.15) is 24.3 Å². The summed E-state index contributed by atoms with van der Waals surface area (Å²) in [7, 11) is 0. The van der Waals surface area contributed by atoms with E-state index in [1.807, 2.05) is 29.2 Å². The van der Waals surface area contributed by atoms with Crippen molar-refractivity contribution >= 4 is 33.5 Å². The Balaban J connectivity index is 1.72. The highest BCUT2D eigenvalue weighted by molar-refractivity contribution is 7.19. The topological polar surface area (TPSA) is 33.2 Å². The van der Waals surface area contributed by atoms with Gasteiger partial charge in [-0.15, -0.1) is 11.3 Å². The van der Waals surface area contributed by atoms with Gasteiger partial charge in [-0.3, -0.25) is 4.79 Å². The maximum atomic E-state index is 12.0. The van der Waals surface area contributed by atoms with Crippen LogP contribution in [0.4, 0.5) is 0 Å². The molecule has 1 amide bonds. The highest BCUT2D eigenvalue weighted by atomic mass is 32.1. The number of hydrogen-bond donors (Lipinski definition) is 0. The summed E-state index contributed by atoms with van der Waals surface area (Å²) in [6.07, 6.45) is 6.98. The number of amides is 1. The second kappa shape index (κ2) is 5.53. The molecular weight excluding hydrogens is 256 g/mol. The van der Waals surface area contributed by atoms with Crippen LogP contribution < -0.4 is 0 Å². The van der Waals surface area contributed by atoms with E-state index in [-0.39, 0.29) is 5.91 Å². The van der Waals surface area contributed by atoms with Crippen LogP contribution in [0.25, 0.3) is 16.3 Å². The van der Waals surface area contributed by atoms with Crippen LogP contribution in [0.2, 0.25) is 0 Å². The first kappa shape index (κ1) is 12.4. The smallest absolute Gasteiger partial charge is 0.246 e. The minimum Gasteiger partial charge on any atom is -0.339 e. The predicted molar refractivity (Wildman–Crippen MR) is 79.1 cm³/mol. The summed E-state index contributed by atoms with van der Waals surface area (Å²) in [5.74, 6) is 0.110. The molecule has 2 heterocycles. The van der Waals surface area contributed by atoms with Gasteiger partial charge in [0.2, 0.25) is 5.91 Å². The van der Waals surface area contributed by atoms with Gasteiger partial charge in [-0.25, -0.2) is 4.98 Å². The summed E-state index contributed by atoms with van der Waals surface area (Å²) in [6, 6.07) is 8.04. The molecule has 1 aromatic carbocycles. The van der Waals surface area contributed by atoms with E-state index in [1.165, 1.54) is 6.42 Å². The summed E-state index contributed by atoms with van der Waals surface area (Å²) >= 11 is 1.62. The molecule has 19 heavy (non-hydrogen) atoms. The fraction of sp³-hybridized carbons (Fsp3) is 0.333. The Morgan fingerprint density at radius 1 is 1.21 bits per heavy atom. The summed E-state index contributed by atoms with van der Waals surface area (Å²) < 4.78 is 1.16. The van der Waals surface area contributed by atoms with E-state index < -0.39 is 0 Å². The van der Waals surface area contributed by atoms with Gasteiger partial charge < -0.3 is 4.90 Å². The Morgan fingerprint density at radius 2 is 2.00 bits per heavy atom. The van der Waals surface area contributed by atoms with Crippen molar-refractivity contribution in [3.8, 4) is 0 Å². The van der Waals surface area contributed by atoms with Crippen molar-refractivity contribution in [2.75, 3.05) is 13.1 Å². The van der Waals surface area contributed by atoms with Gasteiger partial charge in [-0.2, -0.15) is 0 Å². The molecule has 2 aromatic rings. The van der Waals surface area contributed by atoms with Gasteiger partial charge in [0.25, 0.3) is 0 Å². The van der Waals surface area contributed by atoms with Crippen LogP contribution in [0.3, 0.4) is 0 Å². The zero-order chi connectivity index (χ0) is 13.1. The molecule has 0 unspecified atom stereocenters. The first-order valence-corrected chi connectivity index (χ1v) is 7.47. The number of rotatable bonds is 2. The third-order valence-corrected chi connectivity index (χ3v) is 4.35. The van der Waals surface area contributed by atoms with Crippen LogP contribution in [0, 0.1) is 0 Å². The van der Waals surface area contributed by atoms with Crippen molar-refractivity contribution < 1.29 is 4.79 Å². The number of thiazole rings is 1. The molecule has 3 nitrogen and oxygen atoms in total. The summed E-state index contributed by atoms with van der Waals surface area (Å²) in [6.45, 7) is 1.78. The molecule has 0 atom stereocenters. The number of fused-ring (bicyclic) bond motifs is 1. The monoisotopic (exact) mass is 272 g/mol. The maximum Gasteiger partial charge on any atom is 0.246 e. The van der Waals surface area contributed by atoms with E-state index >= 15 is 0 Å². The molecule has 1 fully saturated rings. The number of carbonyl (C=O) groups is 1. The molecule has 0 saturated carbocycles. The number of piperidine rings is 1. The van der Waals surface area contributed by atoms with E-state index in [0.717, 1.165) is 41.2 Å². The van der Waals surface area contributed by atoms with E-state index in [2.05, 4.69) is 11.1 Å². The van der Waals surface area contributed by atoms with E-state index in [0.29, 0.717) is 0 Å². The lowest BCUT2D eigenvalue weighted by Gasteiger charge is -2.25. The van der Waals surface area contributed by atoms with E-state index in [1.54, 1.807) is 17.4 Å². The summed E-state index contributed by atoms with van der Waals surface area (Å²) in [4.78, 5) is 18.4. The summed E-state index contributed by atoms with van der Waals surface area (Å²) in [5.41, 5.74) is 0.998. The number of likely N-dealkylation sites (tertiary alicyclic amines) is 1. The van der Waals surface area contributed by atoms with Gasteiger partial charge in [-0.1, -0.05) is 12.1 Å². The fourth-order valence-electron chi connectivity index (χ4n) is 2.32. The Labute approximate surface area is 116 Å². The van der Waals surface area contributed by atoms with Crippen LogP contribution in [0.15, 0.2) is 30.3 Å². The van der Waals surface area contributed by atoms with Crippen molar-refractivity contribution in [1.82, 2.24) is 9.88 Å². The van der Waals surface area contributed by atoms with Crippen molar-refractivity contribution in [2.24, 2.45) is 0 Å². The molecule has 0 bridgehead atoms. The molecule has 98 valence electrons. The predicted octanol–water partition coefficient (Wildman–Crippen LogP) is 3.32. The quantitative estimate of drug-likeness (QED) is 0.786. The number of hydrogen-bond acceptors (Lipinski definition) is 3. The SMILES string of the molecule is O=C(/C=C/c1nc2ccccc2s1)N1CCCCC1. The Kier molecular flexibility index (Phi) is 3.60. The van der Waals surface area contributed by atoms with Gasteiger partial charge in [-0.05, 0) is 37.5 Å². The number of carbonyl (C=O) groups excluding carboxylic acids is 1. The zero-order valence-electron chi connectivity index (χ0n) is 10.7. The minimum absolute atomic E-state index is 0.110. The highest BCUT2D eigenvalue weighted by Crippen LogP contribution is 2.22. The van der Waals surface area contributed by atoms with Crippen LogP contribution in [0.5, 0.6) is 0 Å². The maximum absolute atomic E-state index is 12.0. The first-order valence-electron chi connectivity index (χ1n) is 6.65. The second-order valence-corrected chi connectivity index (χ2v) is 5.80. The third-order valence-electron chi connectivity index (χ3n) is 3.35. The molecule has 0 aliphatic carbocycles. The Morgan fingerprint density at radius 3 is 2.79 bits per heavy atom. The molecule has 1 aliphatic heterocycles. The van der Waals surface area contributed by atoms with Gasteiger partial charge in [0.1, 0.15) is 5.01 Å². The Hall–Kier alpha value is -1.68. The number of nitrogens with zero attached hydrogens (tertiary/aromatic N) is 2. The van der Waals surface area contributed by atoms with Crippen molar-refractivity contribution in [3.05, 3.63) is 35.3 Å². The van der Waals surface area contributed by atoms with Crippen molar-refractivity contribution in [3.63, 3.8) is 0 Å². The molecule has 1 saturated heterocycles. The normalized spacial score (nSPS) is 16.3. The number of benzene rings is 1. The second-order valence-electron chi connectivity index (χ2n) is 4.74. The van der Waals surface area contributed by atoms with Crippen molar-refractivity contribution in [1.29, 1.82) is 0 Å². The van der Waals surface area contributed by atoms with Crippen LogP contribution in [-0.4, -0.2) is 28.9 Å². The lowest BCUT2D eigenvalue weighted by Crippen LogP contribution is -2.34. The van der Waals surface area contributed by atoms with Crippen LogP contribution >= 0.6 is 11.3 Å². The minimum atomic E-state index is 0.110. The number of para-hydroxylation sites is 1. The standard InChI is InChI=1S/C15H16N2OS/c18-15(17-10-4-1-5-11-17)9-8-14-16-12-6-2-3-7-13(12)19-14/h2-3,6-9H,1,4-5,10-11H2/b9-8+. The van der Waals surface area contributed by atoms with Gasteiger partial charge in [0.15, 0.2) is 0 Å². The lowest BCUT2D eigenvalue weighted by molar-refractivity contribution is -0.126. The van der Waals surface area contributed by atoms with E-state index in [9.17, 15) is 4.79 Å². The molecule has 1 aliphatic rings. The van der Waals surface area contributed by atoms with Gasteiger partial charge in [0.05, 0.1) is 10.2 Å². The average Bonchev–Trinajstić information content (AvgIpc) is 2.88. The molecule has 4 heteroatoms. The molecule has 0 radical (unpaired) electrons. The average molecular weight is 272 g/mol. The highest BCUT2D eigenvalue weighted by Gasteiger charge is 2.13. The largest absolute Gasteiger partial charge is 0.339 e. The van der Waals surface area contributed by atoms with Crippen LogP contribution in [-0.2, 0) is 4.79 Å². The van der Waals surface area contributed by atoms with E-state index in [4.69, 9.17) is 0 Å². The van der Waals surface area contributed by atoms with Gasteiger partial charge >= 0.3 is 0 Å². The summed E-state index contributed by atoms with van der Waals surface area (Å²) in [5, 5.41) is 0.895. The Bertz CT molecular complexity index is 578. The molecular formula is C15H16N2OS. The van der Waals surface area contributed by atoms with Crippen molar-refractivity contribution in [2.45, 2.75) is 19.3 Å². The number of aromatic nitrogens is 1. The third kappa shape index (κ3) is 2.84. The fourth-order valence-corrected chi connectivity index (χ4v) is 3.19. The first-order chi connectivity index (χ1) is 9.33. The lowest BCUT2D eigenvalue weighted by atomic mass is 10.1. The molecule has 3 rings (SSSR count).